The zero-order chi connectivity index (χ0) is 20.9. The Labute approximate surface area is 184 Å². The first-order valence-corrected chi connectivity index (χ1v) is 10.5. The fraction of sp³-hybridized carbons (Fsp3) is 0.167. The fourth-order valence-electron chi connectivity index (χ4n) is 4.81. The number of para-hydroxylation sites is 1. The molecule has 30 heavy (non-hydrogen) atoms. The first kappa shape index (κ1) is 19.2. The molecule has 0 bridgehead atoms. The van der Waals surface area contributed by atoms with Crippen molar-refractivity contribution in [3.8, 4) is 0 Å². The third-order valence-corrected chi connectivity index (χ3v) is 6.51. The Bertz CT molecular complexity index is 1180. The highest BCUT2D eigenvalue weighted by Crippen LogP contribution is 2.55. The molecule has 0 radical (unpaired) electrons. The third-order valence-electron chi connectivity index (χ3n) is 6.04. The van der Waals surface area contributed by atoms with Gasteiger partial charge in [-0.1, -0.05) is 59.6 Å². The van der Waals surface area contributed by atoms with Gasteiger partial charge < -0.3 is 10.2 Å². The smallest absolute Gasteiger partial charge is 0.237 e. The molecule has 150 valence electrons. The van der Waals surface area contributed by atoms with Crippen LogP contribution >= 0.6 is 23.2 Å². The standard InChI is InChI=1S/C24H18Cl2N2O2/c25-16-6-3-5-15(13-16)22-24(19-9-1-2-10-20(19)27-23(24)30)12-11-21(29)28(22)18-8-4-7-17(26)14-18/h1-10,13-14,22H,11-12H2,(H,27,30). The number of hydrogen-bond acceptors (Lipinski definition) is 2. The molecule has 1 fully saturated rings. The van der Waals surface area contributed by atoms with Gasteiger partial charge in [0.2, 0.25) is 11.8 Å². The summed E-state index contributed by atoms with van der Waals surface area (Å²) in [6, 6.07) is 21.7. The number of carbonyl (C=O) groups is 2. The minimum absolute atomic E-state index is 0.0509. The normalized spacial score (nSPS) is 22.9. The predicted molar refractivity (Wildman–Crippen MR) is 119 cm³/mol. The van der Waals surface area contributed by atoms with Gasteiger partial charge in [-0.2, -0.15) is 0 Å². The van der Waals surface area contributed by atoms with Crippen molar-refractivity contribution in [2.75, 3.05) is 10.2 Å². The first-order chi connectivity index (χ1) is 14.5. The van der Waals surface area contributed by atoms with Crippen LogP contribution in [0.3, 0.4) is 0 Å². The van der Waals surface area contributed by atoms with E-state index in [-0.39, 0.29) is 18.2 Å². The number of rotatable bonds is 2. The van der Waals surface area contributed by atoms with Crippen LogP contribution in [0.15, 0.2) is 72.8 Å². The predicted octanol–water partition coefficient (Wildman–Crippen LogP) is 5.75. The van der Waals surface area contributed by atoms with E-state index in [2.05, 4.69) is 5.32 Å². The van der Waals surface area contributed by atoms with Crippen LogP contribution in [0.1, 0.15) is 30.0 Å². The summed E-state index contributed by atoms with van der Waals surface area (Å²) in [6.07, 6.45) is 0.675. The minimum Gasteiger partial charge on any atom is -0.325 e. The van der Waals surface area contributed by atoms with Crippen molar-refractivity contribution in [3.05, 3.63) is 94.0 Å². The van der Waals surface area contributed by atoms with Crippen LogP contribution < -0.4 is 10.2 Å². The molecular formula is C24H18Cl2N2O2. The van der Waals surface area contributed by atoms with Gasteiger partial charge in [0, 0.05) is 27.8 Å². The number of hydrogen-bond donors (Lipinski definition) is 1. The maximum atomic E-state index is 13.5. The Morgan fingerprint density at radius 2 is 1.63 bits per heavy atom. The average Bonchev–Trinajstić information content (AvgIpc) is 3.01. The van der Waals surface area contributed by atoms with E-state index in [1.54, 1.807) is 23.1 Å². The Morgan fingerprint density at radius 1 is 0.900 bits per heavy atom. The number of amides is 2. The summed E-state index contributed by atoms with van der Waals surface area (Å²) >= 11 is 12.6. The molecule has 6 heteroatoms. The fourth-order valence-corrected chi connectivity index (χ4v) is 5.20. The van der Waals surface area contributed by atoms with Gasteiger partial charge in [0.1, 0.15) is 5.41 Å². The molecule has 1 N–H and O–H groups in total. The molecule has 3 aromatic rings. The Kier molecular flexibility index (Phi) is 4.57. The van der Waals surface area contributed by atoms with Gasteiger partial charge >= 0.3 is 0 Å². The lowest BCUT2D eigenvalue weighted by atomic mass is 9.66. The van der Waals surface area contributed by atoms with E-state index in [1.807, 2.05) is 54.6 Å². The summed E-state index contributed by atoms with van der Waals surface area (Å²) in [6.45, 7) is 0. The van der Waals surface area contributed by atoms with Crippen LogP contribution in [0.25, 0.3) is 0 Å². The third kappa shape index (κ3) is 2.83. The quantitative estimate of drug-likeness (QED) is 0.555. The van der Waals surface area contributed by atoms with Crippen LogP contribution in [-0.4, -0.2) is 11.8 Å². The number of carbonyl (C=O) groups excluding carboxylic acids is 2. The van der Waals surface area contributed by atoms with Gasteiger partial charge in [0.05, 0.1) is 6.04 Å². The molecule has 1 spiro atoms. The molecule has 5 rings (SSSR count). The number of halogens is 2. The number of fused-ring (bicyclic) bond motifs is 2. The summed E-state index contributed by atoms with van der Waals surface area (Å²) in [5, 5.41) is 4.12. The van der Waals surface area contributed by atoms with Crippen LogP contribution in [-0.2, 0) is 15.0 Å². The molecule has 1 saturated heterocycles. The molecule has 2 aliphatic heterocycles. The number of piperidine rings is 1. The first-order valence-electron chi connectivity index (χ1n) is 9.75. The Hall–Kier alpha value is -2.82. The molecule has 2 aliphatic rings. The number of nitrogens with zero attached hydrogens (tertiary/aromatic N) is 1. The lowest BCUT2D eigenvalue weighted by molar-refractivity contribution is -0.127. The van der Waals surface area contributed by atoms with Gasteiger partial charge in [0.15, 0.2) is 0 Å². The van der Waals surface area contributed by atoms with Crippen molar-refractivity contribution in [2.45, 2.75) is 24.3 Å². The second-order valence-electron chi connectivity index (χ2n) is 7.67. The molecule has 2 unspecified atom stereocenters. The van der Waals surface area contributed by atoms with E-state index in [0.29, 0.717) is 22.2 Å². The van der Waals surface area contributed by atoms with E-state index < -0.39 is 11.5 Å². The minimum atomic E-state index is -0.919. The molecular weight excluding hydrogens is 419 g/mol. The van der Waals surface area contributed by atoms with Gasteiger partial charge in [0.25, 0.3) is 0 Å². The van der Waals surface area contributed by atoms with Gasteiger partial charge in [-0.3, -0.25) is 9.59 Å². The molecule has 2 amide bonds. The van der Waals surface area contributed by atoms with Crippen molar-refractivity contribution in [2.24, 2.45) is 0 Å². The monoisotopic (exact) mass is 436 g/mol. The van der Waals surface area contributed by atoms with Crippen molar-refractivity contribution in [1.29, 1.82) is 0 Å². The van der Waals surface area contributed by atoms with Crippen molar-refractivity contribution < 1.29 is 9.59 Å². The van der Waals surface area contributed by atoms with E-state index in [1.165, 1.54) is 0 Å². The Morgan fingerprint density at radius 3 is 2.40 bits per heavy atom. The number of anilines is 2. The topological polar surface area (TPSA) is 49.4 Å². The molecule has 4 nitrogen and oxygen atoms in total. The summed E-state index contributed by atoms with van der Waals surface area (Å²) < 4.78 is 0. The van der Waals surface area contributed by atoms with Gasteiger partial charge in [-0.25, -0.2) is 0 Å². The lowest BCUT2D eigenvalue weighted by Crippen LogP contribution is -2.54. The van der Waals surface area contributed by atoms with Crippen LogP contribution in [0.2, 0.25) is 10.0 Å². The molecule has 0 aromatic heterocycles. The van der Waals surface area contributed by atoms with Crippen LogP contribution in [0.4, 0.5) is 11.4 Å². The van der Waals surface area contributed by atoms with Crippen molar-refractivity contribution in [1.82, 2.24) is 0 Å². The summed E-state index contributed by atoms with van der Waals surface area (Å²) in [5.74, 6) is -0.154. The zero-order valence-corrected chi connectivity index (χ0v) is 17.5. The number of nitrogens with one attached hydrogen (secondary N) is 1. The second kappa shape index (κ2) is 7.15. The van der Waals surface area contributed by atoms with Crippen LogP contribution in [0, 0.1) is 0 Å². The van der Waals surface area contributed by atoms with E-state index in [9.17, 15) is 9.59 Å². The largest absolute Gasteiger partial charge is 0.325 e. The van der Waals surface area contributed by atoms with Gasteiger partial charge in [-0.05, 0) is 53.9 Å². The van der Waals surface area contributed by atoms with E-state index in [0.717, 1.165) is 16.8 Å². The molecule has 2 heterocycles. The molecule has 0 aliphatic carbocycles. The van der Waals surface area contributed by atoms with E-state index >= 15 is 0 Å². The van der Waals surface area contributed by atoms with Crippen molar-refractivity contribution >= 4 is 46.4 Å². The summed E-state index contributed by atoms with van der Waals surface area (Å²) in [5.41, 5.74) is 2.24. The SMILES string of the molecule is O=C1CCC2(C(=O)Nc3ccccc32)C(c2cccc(Cl)c2)N1c1cccc(Cl)c1. The molecule has 3 aromatic carbocycles. The maximum Gasteiger partial charge on any atom is 0.237 e. The zero-order valence-electron chi connectivity index (χ0n) is 15.9. The maximum absolute atomic E-state index is 13.5. The van der Waals surface area contributed by atoms with Crippen LogP contribution in [0.5, 0.6) is 0 Å². The van der Waals surface area contributed by atoms with Gasteiger partial charge in [-0.15, -0.1) is 0 Å². The van der Waals surface area contributed by atoms with E-state index in [4.69, 9.17) is 23.2 Å². The Balaban J connectivity index is 1.79. The average molecular weight is 437 g/mol. The van der Waals surface area contributed by atoms with Crippen molar-refractivity contribution in [3.63, 3.8) is 0 Å². The molecule has 2 atom stereocenters. The summed E-state index contributed by atoms with van der Waals surface area (Å²) in [4.78, 5) is 28.5. The highest BCUT2D eigenvalue weighted by atomic mass is 35.5. The highest BCUT2D eigenvalue weighted by Gasteiger charge is 2.58. The second-order valence-corrected chi connectivity index (χ2v) is 8.55. The lowest BCUT2D eigenvalue weighted by Gasteiger charge is -2.47. The summed E-state index contributed by atoms with van der Waals surface area (Å²) in [7, 11) is 0. The highest BCUT2D eigenvalue weighted by molar-refractivity contribution is 6.31. The number of benzene rings is 3. The molecule has 0 saturated carbocycles.